The third-order valence-electron chi connectivity index (χ3n) is 3.00. The van der Waals surface area contributed by atoms with Crippen LogP contribution in [0.4, 0.5) is 0 Å². The van der Waals surface area contributed by atoms with Gasteiger partial charge < -0.3 is 5.11 Å². The first-order valence-corrected chi connectivity index (χ1v) is 5.77. The summed E-state index contributed by atoms with van der Waals surface area (Å²) < 4.78 is 1.30. The first-order chi connectivity index (χ1) is 8.63. The smallest absolute Gasteiger partial charge is 0.278 e. The molecule has 0 radical (unpaired) electrons. The first kappa shape index (κ1) is 12.7. The van der Waals surface area contributed by atoms with Gasteiger partial charge in [0.1, 0.15) is 5.52 Å². The predicted octanol–water partition coefficient (Wildman–Crippen LogP) is 0.0616. The largest absolute Gasteiger partial charge is 0.395 e. The average Bonchev–Trinajstić information content (AvgIpc) is 2.41. The number of hydrogen-bond donors (Lipinski definition) is 1. The van der Waals surface area contributed by atoms with Crippen molar-refractivity contribution in [1.82, 2.24) is 19.9 Å². The van der Waals surface area contributed by atoms with Crippen LogP contribution in [0.15, 0.2) is 29.1 Å². The molecule has 0 saturated carbocycles. The highest BCUT2D eigenvalue weighted by molar-refractivity contribution is 5.76. The number of rotatable bonds is 4. The minimum Gasteiger partial charge on any atom is -0.395 e. The number of aliphatic hydroxyl groups excluding tert-OH is 1. The molecule has 2 rings (SSSR count). The Bertz CT molecular complexity index is 596. The van der Waals surface area contributed by atoms with Gasteiger partial charge in [0.25, 0.3) is 5.56 Å². The molecule has 18 heavy (non-hydrogen) atoms. The SMILES string of the molecule is CC(CO)N(C)Cn1nnc2ccccc2c1=O. The Morgan fingerprint density at radius 2 is 2.17 bits per heavy atom. The molecule has 6 heteroatoms. The Kier molecular flexibility index (Phi) is 3.69. The molecule has 1 aromatic carbocycles. The molecule has 1 aromatic heterocycles. The van der Waals surface area contributed by atoms with Crippen molar-refractivity contribution in [2.24, 2.45) is 0 Å². The number of fused-ring (bicyclic) bond motifs is 1. The van der Waals surface area contributed by atoms with Crippen LogP contribution >= 0.6 is 0 Å². The molecule has 6 nitrogen and oxygen atoms in total. The van der Waals surface area contributed by atoms with E-state index >= 15 is 0 Å². The van der Waals surface area contributed by atoms with Gasteiger partial charge in [0.2, 0.25) is 0 Å². The van der Waals surface area contributed by atoms with E-state index in [1.807, 2.05) is 24.9 Å². The number of nitrogens with zero attached hydrogens (tertiary/aromatic N) is 4. The van der Waals surface area contributed by atoms with E-state index in [0.29, 0.717) is 17.6 Å². The fraction of sp³-hybridized carbons (Fsp3) is 0.417. The van der Waals surface area contributed by atoms with Crippen LogP contribution < -0.4 is 5.56 Å². The minimum absolute atomic E-state index is 0.0340. The molecule has 0 amide bonds. The second-order valence-corrected chi connectivity index (χ2v) is 4.34. The number of hydrogen-bond acceptors (Lipinski definition) is 5. The maximum absolute atomic E-state index is 12.1. The van der Waals surface area contributed by atoms with Gasteiger partial charge in [0.05, 0.1) is 18.7 Å². The van der Waals surface area contributed by atoms with E-state index in [0.717, 1.165) is 0 Å². The third-order valence-corrected chi connectivity index (χ3v) is 3.00. The van der Waals surface area contributed by atoms with Gasteiger partial charge >= 0.3 is 0 Å². The molecule has 0 bridgehead atoms. The third kappa shape index (κ3) is 2.39. The van der Waals surface area contributed by atoms with Crippen molar-refractivity contribution in [3.05, 3.63) is 34.6 Å². The van der Waals surface area contributed by atoms with Crippen molar-refractivity contribution in [1.29, 1.82) is 0 Å². The lowest BCUT2D eigenvalue weighted by Crippen LogP contribution is -2.38. The fourth-order valence-corrected chi connectivity index (χ4v) is 1.61. The second-order valence-electron chi connectivity index (χ2n) is 4.34. The summed E-state index contributed by atoms with van der Waals surface area (Å²) in [6.45, 7) is 2.21. The lowest BCUT2D eigenvalue weighted by atomic mass is 10.2. The molecule has 0 spiro atoms. The molecule has 1 atom stereocenters. The van der Waals surface area contributed by atoms with Crippen molar-refractivity contribution >= 4 is 10.9 Å². The van der Waals surface area contributed by atoms with Crippen molar-refractivity contribution in [2.75, 3.05) is 13.7 Å². The van der Waals surface area contributed by atoms with Crippen molar-refractivity contribution in [3.63, 3.8) is 0 Å². The highest BCUT2D eigenvalue weighted by Gasteiger charge is 2.11. The molecular weight excluding hydrogens is 232 g/mol. The normalized spacial score (nSPS) is 13.1. The summed E-state index contributed by atoms with van der Waals surface area (Å²) in [4.78, 5) is 14.0. The second kappa shape index (κ2) is 5.24. The molecule has 96 valence electrons. The van der Waals surface area contributed by atoms with Crippen LogP contribution in [0.1, 0.15) is 6.92 Å². The van der Waals surface area contributed by atoms with Gasteiger partial charge in [-0.05, 0) is 26.1 Å². The lowest BCUT2D eigenvalue weighted by molar-refractivity contribution is 0.124. The van der Waals surface area contributed by atoms with Crippen LogP contribution in [0.5, 0.6) is 0 Å². The highest BCUT2D eigenvalue weighted by atomic mass is 16.3. The molecule has 0 saturated heterocycles. The monoisotopic (exact) mass is 248 g/mol. The summed E-state index contributed by atoms with van der Waals surface area (Å²) in [6.07, 6.45) is 0. The summed E-state index contributed by atoms with van der Waals surface area (Å²) in [5.74, 6) is 0. The predicted molar refractivity (Wildman–Crippen MR) is 68.1 cm³/mol. The zero-order chi connectivity index (χ0) is 13.1. The Morgan fingerprint density at radius 1 is 1.44 bits per heavy atom. The topological polar surface area (TPSA) is 71.2 Å². The number of aromatic nitrogens is 3. The zero-order valence-corrected chi connectivity index (χ0v) is 10.4. The Morgan fingerprint density at radius 3 is 2.89 bits per heavy atom. The van der Waals surface area contributed by atoms with E-state index in [4.69, 9.17) is 5.11 Å². The summed E-state index contributed by atoms with van der Waals surface area (Å²) in [6, 6.07) is 7.08. The molecule has 1 N–H and O–H groups in total. The van der Waals surface area contributed by atoms with Crippen LogP contribution in [0.2, 0.25) is 0 Å². The maximum Gasteiger partial charge on any atom is 0.278 e. The summed E-state index contributed by atoms with van der Waals surface area (Å²) >= 11 is 0. The van der Waals surface area contributed by atoms with Gasteiger partial charge in [-0.3, -0.25) is 9.69 Å². The average molecular weight is 248 g/mol. The standard InChI is InChI=1S/C12H16N4O2/c1-9(7-17)15(2)8-16-12(18)10-5-3-4-6-11(10)13-14-16/h3-6,9,17H,7-8H2,1-2H3. The minimum atomic E-state index is -0.169. The van der Waals surface area contributed by atoms with E-state index in [9.17, 15) is 4.79 Å². The number of aliphatic hydroxyl groups is 1. The summed E-state index contributed by atoms with van der Waals surface area (Å²) in [7, 11) is 1.82. The summed E-state index contributed by atoms with van der Waals surface area (Å²) in [5.41, 5.74) is 0.425. The fourth-order valence-electron chi connectivity index (χ4n) is 1.61. The Labute approximate surface area is 104 Å². The van der Waals surface area contributed by atoms with E-state index in [1.54, 1.807) is 18.2 Å². The molecule has 1 heterocycles. The number of likely N-dealkylation sites (N-methyl/N-ethyl adjacent to an activating group) is 1. The van der Waals surface area contributed by atoms with Crippen molar-refractivity contribution in [3.8, 4) is 0 Å². The molecule has 0 aliphatic rings. The quantitative estimate of drug-likeness (QED) is 0.828. The van der Waals surface area contributed by atoms with Crippen LogP contribution in [0.3, 0.4) is 0 Å². The summed E-state index contributed by atoms with van der Waals surface area (Å²) in [5, 5.41) is 17.5. The van der Waals surface area contributed by atoms with Crippen LogP contribution in [-0.2, 0) is 6.67 Å². The Balaban J connectivity index is 2.35. The van der Waals surface area contributed by atoms with Crippen LogP contribution in [-0.4, -0.2) is 44.7 Å². The molecular formula is C12H16N4O2. The van der Waals surface area contributed by atoms with Gasteiger partial charge in [-0.1, -0.05) is 17.3 Å². The molecule has 0 aliphatic heterocycles. The van der Waals surface area contributed by atoms with Crippen molar-refractivity contribution in [2.45, 2.75) is 19.6 Å². The van der Waals surface area contributed by atoms with Crippen LogP contribution in [0.25, 0.3) is 10.9 Å². The van der Waals surface area contributed by atoms with Gasteiger partial charge in [0, 0.05) is 6.04 Å². The van der Waals surface area contributed by atoms with Gasteiger partial charge in [-0.15, -0.1) is 5.10 Å². The molecule has 2 aromatic rings. The van der Waals surface area contributed by atoms with Crippen molar-refractivity contribution < 1.29 is 5.11 Å². The zero-order valence-electron chi connectivity index (χ0n) is 10.4. The molecule has 0 fully saturated rings. The maximum atomic E-state index is 12.1. The molecule has 1 unspecified atom stereocenters. The molecule has 0 aliphatic carbocycles. The number of benzene rings is 1. The van der Waals surface area contributed by atoms with E-state index in [1.165, 1.54) is 4.68 Å². The van der Waals surface area contributed by atoms with Gasteiger partial charge in [-0.2, -0.15) is 4.68 Å². The van der Waals surface area contributed by atoms with E-state index in [2.05, 4.69) is 10.3 Å². The van der Waals surface area contributed by atoms with Crippen LogP contribution in [0, 0.1) is 0 Å². The first-order valence-electron chi connectivity index (χ1n) is 5.77. The van der Waals surface area contributed by atoms with Gasteiger partial charge in [-0.25, -0.2) is 0 Å². The highest BCUT2D eigenvalue weighted by Crippen LogP contribution is 2.04. The van der Waals surface area contributed by atoms with E-state index < -0.39 is 0 Å². The van der Waals surface area contributed by atoms with Gasteiger partial charge in [0.15, 0.2) is 0 Å². The van der Waals surface area contributed by atoms with E-state index in [-0.39, 0.29) is 18.2 Å². The lowest BCUT2D eigenvalue weighted by Gasteiger charge is -2.22. The Hall–Kier alpha value is -1.79.